The molecule has 0 spiro atoms. The lowest BCUT2D eigenvalue weighted by Gasteiger charge is -2.32. The minimum atomic E-state index is -0.271. The van der Waals surface area contributed by atoms with Crippen molar-refractivity contribution in [2.75, 3.05) is 18.1 Å². The van der Waals surface area contributed by atoms with Crippen molar-refractivity contribution in [3.63, 3.8) is 0 Å². The molecule has 1 saturated heterocycles. The van der Waals surface area contributed by atoms with E-state index in [0.29, 0.717) is 13.0 Å². The molecule has 1 aromatic carbocycles. The van der Waals surface area contributed by atoms with E-state index in [4.69, 9.17) is 0 Å². The highest BCUT2D eigenvalue weighted by Crippen LogP contribution is 2.22. The van der Waals surface area contributed by atoms with Crippen molar-refractivity contribution in [2.45, 2.75) is 43.7 Å². The van der Waals surface area contributed by atoms with Crippen LogP contribution in [0.15, 0.2) is 29.2 Å². The molecule has 0 aromatic heterocycles. The number of amides is 3. The van der Waals surface area contributed by atoms with Crippen LogP contribution in [-0.2, 0) is 4.79 Å². The van der Waals surface area contributed by atoms with Gasteiger partial charge in [-0.25, -0.2) is 4.79 Å². The van der Waals surface area contributed by atoms with E-state index in [1.807, 2.05) is 56.2 Å². The van der Waals surface area contributed by atoms with Gasteiger partial charge in [0, 0.05) is 29.1 Å². The summed E-state index contributed by atoms with van der Waals surface area (Å²) in [4.78, 5) is 27.0. The number of benzene rings is 1. The zero-order chi connectivity index (χ0) is 16.3. The fraction of sp³-hybridized carbons (Fsp3) is 0.500. The molecule has 2 N–H and O–H groups in total. The van der Waals surface area contributed by atoms with Gasteiger partial charge >= 0.3 is 6.03 Å². The molecule has 3 amide bonds. The molecule has 1 heterocycles. The number of hydrogen-bond donors (Lipinski definition) is 2. The largest absolute Gasteiger partial charge is 0.336 e. The second-order valence-corrected chi connectivity index (χ2v) is 7.29. The van der Waals surface area contributed by atoms with Crippen molar-refractivity contribution in [3.05, 3.63) is 24.3 Å². The topological polar surface area (TPSA) is 61.4 Å². The average molecular weight is 321 g/mol. The van der Waals surface area contributed by atoms with Crippen molar-refractivity contribution in [1.82, 2.24) is 10.2 Å². The zero-order valence-electron chi connectivity index (χ0n) is 13.5. The molecule has 120 valence electrons. The number of thioether (sulfide) groups is 1. The van der Waals surface area contributed by atoms with Gasteiger partial charge in [-0.3, -0.25) is 4.79 Å². The predicted octanol–water partition coefficient (Wildman–Crippen LogP) is 2.93. The summed E-state index contributed by atoms with van der Waals surface area (Å²) in [5.74, 6) is 0.0854. The van der Waals surface area contributed by atoms with Crippen molar-refractivity contribution in [1.29, 1.82) is 0 Å². The van der Waals surface area contributed by atoms with Gasteiger partial charge in [-0.2, -0.15) is 0 Å². The number of hydrogen-bond acceptors (Lipinski definition) is 3. The molecule has 1 fully saturated rings. The van der Waals surface area contributed by atoms with Crippen molar-refractivity contribution >= 4 is 29.4 Å². The van der Waals surface area contributed by atoms with E-state index in [0.717, 1.165) is 10.6 Å². The Hall–Kier alpha value is -1.69. The van der Waals surface area contributed by atoms with Crippen LogP contribution in [0.4, 0.5) is 10.5 Å². The van der Waals surface area contributed by atoms with Gasteiger partial charge in [0.2, 0.25) is 5.91 Å². The quantitative estimate of drug-likeness (QED) is 0.842. The van der Waals surface area contributed by atoms with Crippen LogP contribution >= 0.6 is 11.8 Å². The second kappa shape index (κ2) is 6.60. The fourth-order valence-electron chi connectivity index (χ4n) is 2.51. The maximum Gasteiger partial charge on any atom is 0.319 e. The molecule has 2 rings (SSSR count). The third-order valence-electron chi connectivity index (χ3n) is 3.60. The molecule has 0 aliphatic carbocycles. The minimum Gasteiger partial charge on any atom is -0.336 e. The monoisotopic (exact) mass is 321 g/mol. The van der Waals surface area contributed by atoms with Crippen molar-refractivity contribution < 1.29 is 9.59 Å². The van der Waals surface area contributed by atoms with E-state index in [2.05, 4.69) is 10.6 Å². The number of likely N-dealkylation sites (tertiary alicyclic amines) is 1. The number of rotatable bonds is 3. The molecule has 1 atom stereocenters. The van der Waals surface area contributed by atoms with E-state index in [1.54, 1.807) is 11.8 Å². The second-order valence-electron chi connectivity index (χ2n) is 6.41. The summed E-state index contributed by atoms with van der Waals surface area (Å²) in [5.41, 5.74) is 0.540. The smallest absolute Gasteiger partial charge is 0.319 e. The molecular formula is C16H23N3O2S. The molecule has 1 aliphatic heterocycles. The molecular weight excluding hydrogens is 298 g/mol. The van der Waals surface area contributed by atoms with Gasteiger partial charge in [0.1, 0.15) is 0 Å². The van der Waals surface area contributed by atoms with Gasteiger partial charge < -0.3 is 15.5 Å². The maximum atomic E-state index is 12.1. The third-order valence-corrected chi connectivity index (χ3v) is 4.32. The Balaban J connectivity index is 1.91. The lowest BCUT2D eigenvalue weighted by Crippen LogP contribution is -2.45. The highest BCUT2D eigenvalue weighted by molar-refractivity contribution is 7.98. The summed E-state index contributed by atoms with van der Waals surface area (Å²) in [6, 6.07) is 7.25. The molecule has 0 bridgehead atoms. The fourth-order valence-corrected chi connectivity index (χ4v) is 2.97. The van der Waals surface area contributed by atoms with Crippen LogP contribution in [0.2, 0.25) is 0 Å². The van der Waals surface area contributed by atoms with E-state index in [9.17, 15) is 9.59 Å². The van der Waals surface area contributed by atoms with Gasteiger partial charge in [-0.05, 0) is 45.2 Å². The first-order chi connectivity index (χ1) is 10.3. The molecule has 1 aromatic rings. The summed E-state index contributed by atoms with van der Waals surface area (Å²) < 4.78 is 0. The lowest BCUT2D eigenvalue weighted by molar-refractivity contribution is -0.131. The van der Waals surface area contributed by atoms with E-state index in [-0.39, 0.29) is 23.5 Å². The lowest BCUT2D eigenvalue weighted by atomic mass is 10.1. The molecule has 1 unspecified atom stereocenters. The van der Waals surface area contributed by atoms with Crippen LogP contribution in [-0.4, -0.2) is 41.2 Å². The number of urea groups is 1. The van der Waals surface area contributed by atoms with E-state index < -0.39 is 0 Å². The van der Waals surface area contributed by atoms with Crippen LogP contribution in [0.3, 0.4) is 0 Å². The Labute approximate surface area is 135 Å². The minimum absolute atomic E-state index is 0.0854. The first-order valence-corrected chi connectivity index (χ1v) is 8.54. The first kappa shape index (κ1) is 16.7. The molecule has 0 radical (unpaired) electrons. The standard InChI is InChI=1S/C16H23N3O2S/c1-16(2,3)19-10-12(9-14(19)20)18-15(21)17-11-6-5-7-13(8-11)22-4/h5-8,12H,9-10H2,1-4H3,(H2,17,18,21). The highest BCUT2D eigenvalue weighted by Gasteiger charge is 2.36. The Morgan fingerprint density at radius 3 is 2.68 bits per heavy atom. The predicted molar refractivity (Wildman–Crippen MR) is 90.2 cm³/mol. The molecule has 6 heteroatoms. The number of nitrogens with zero attached hydrogens (tertiary/aromatic N) is 1. The van der Waals surface area contributed by atoms with Gasteiger partial charge in [0.05, 0.1) is 6.04 Å². The maximum absolute atomic E-state index is 12.1. The summed E-state index contributed by atoms with van der Waals surface area (Å²) in [7, 11) is 0. The third kappa shape index (κ3) is 4.16. The normalized spacial score (nSPS) is 18.5. The van der Waals surface area contributed by atoms with Crippen LogP contribution < -0.4 is 10.6 Å². The summed E-state index contributed by atoms with van der Waals surface area (Å²) in [6.07, 6.45) is 2.35. The first-order valence-electron chi connectivity index (χ1n) is 7.31. The van der Waals surface area contributed by atoms with Crippen LogP contribution in [0.5, 0.6) is 0 Å². The highest BCUT2D eigenvalue weighted by atomic mass is 32.2. The van der Waals surface area contributed by atoms with Gasteiger partial charge in [-0.1, -0.05) is 6.07 Å². The summed E-state index contributed by atoms with van der Waals surface area (Å²) >= 11 is 1.62. The van der Waals surface area contributed by atoms with Crippen molar-refractivity contribution in [3.8, 4) is 0 Å². The Morgan fingerprint density at radius 2 is 2.09 bits per heavy atom. The summed E-state index contributed by atoms with van der Waals surface area (Å²) in [5, 5.41) is 5.70. The number of carbonyl (C=O) groups is 2. The Bertz CT molecular complexity index is 569. The molecule has 22 heavy (non-hydrogen) atoms. The van der Waals surface area contributed by atoms with Crippen molar-refractivity contribution in [2.24, 2.45) is 0 Å². The van der Waals surface area contributed by atoms with Crippen LogP contribution in [0.1, 0.15) is 27.2 Å². The molecule has 1 aliphatic rings. The number of anilines is 1. The average Bonchev–Trinajstić information content (AvgIpc) is 2.79. The van der Waals surface area contributed by atoms with Gasteiger partial charge in [-0.15, -0.1) is 11.8 Å². The Morgan fingerprint density at radius 1 is 1.36 bits per heavy atom. The number of nitrogens with one attached hydrogen (secondary N) is 2. The molecule has 5 nitrogen and oxygen atoms in total. The number of carbonyl (C=O) groups excluding carboxylic acids is 2. The zero-order valence-corrected chi connectivity index (χ0v) is 14.3. The van der Waals surface area contributed by atoms with Gasteiger partial charge in [0.15, 0.2) is 0 Å². The van der Waals surface area contributed by atoms with E-state index >= 15 is 0 Å². The van der Waals surface area contributed by atoms with Gasteiger partial charge in [0.25, 0.3) is 0 Å². The van der Waals surface area contributed by atoms with Crippen LogP contribution in [0.25, 0.3) is 0 Å². The SMILES string of the molecule is CSc1cccc(NC(=O)NC2CC(=O)N(C(C)(C)C)C2)c1. The van der Waals surface area contributed by atoms with Crippen LogP contribution in [0, 0.1) is 0 Å². The summed E-state index contributed by atoms with van der Waals surface area (Å²) in [6.45, 7) is 6.56. The molecule has 0 saturated carbocycles. The van der Waals surface area contributed by atoms with E-state index in [1.165, 1.54) is 0 Å². The Kier molecular flexibility index (Phi) is 5.01.